The van der Waals surface area contributed by atoms with E-state index in [0.29, 0.717) is 24.3 Å². The summed E-state index contributed by atoms with van der Waals surface area (Å²) in [5, 5.41) is 21.0. The lowest BCUT2D eigenvalue weighted by atomic mass is 10.2. The van der Waals surface area contributed by atoms with Crippen molar-refractivity contribution in [3.63, 3.8) is 0 Å². The highest BCUT2D eigenvalue weighted by Gasteiger charge is 2.39. The normalized spacial score (nSPS) is 13.4. The van der Waals surface area contributed by atoms with Crippen LogP contribution < -0.4 is 10.4 Å². The monoisotopic (exact) mass is 848 g/mol. The fraction of sp³-hybridized carbons (Fsp3) is 0.214. The Bertz CT molecular complexity index is 2950. The van der Waals surface area contributed by atoms with Crippen LogP contribution in [-0.4, -0.2) is 67.1 Å². The molecule has 6 rings (SSSR count). The van der Waals surface area contributed by atoms with E-state index >= 15 is 0 Å². The first-order valence-electron chi connectivity index (χ1n) is 16.9. The second-order valence-corrected chi connectivity index (χ2v) is 12.4. The fourth-order valence-electron chi connectivity index (χ4n) is 5.23. The summed E-state index contributed by atoms with van der Waals surface area (Å²) in [6, 6.07) is 10.5. The molecule has 2 fully saturated rings. The average molecular weight is 849 g/mol. The first-order chi connectivity index (χ1) is 29.5. The molecule has 1 aromatic carbocycles. The molecule has 2 bridgehead atoms. The van der Waals surface area contributed by atoms with Crippen LogP contribution in [0.2, 0.25) is 0 Å². The highest BCUT2D eigenvalue weighted by Crippen LogP contribution is 2.33. The summed E-state index contributed by atoms with van der Waals surface area (Å²) in [7, 11) is 1.65. The Morgan fingerprint density at radius 3 is 2.12 bits per heavy atom. The van der Waals surface area contributed by atoms with E-state index in [9.17, 15) is 4.79 Å². The van der Waals surface area contributed by atoms with Crippen LogP contribution in [0.4, 0.5) is 0 Å². The summed E-state index contributed by atoms with van der Waals surface area (Å²) >= 11 is 4.82. The lowest BCUT2D eigenvalue weighted by Crippen LogP contribution is -2.36. The number of hydrogen-bond donors (Lipinski definition) is 3. The van der Waals surface area contributed by atoms with Crippen molar-refractivity contribution in [1.29, 1.82) is 5.53 Å². The molecule has 0 amide bonds. The van der Waals surface area contributed by atoms with Crippen LogP contribution in [0.3, 0.4) is 0 Å². The maximum atomic E-state index is 13.2. The molecule has 3 aromatic heterocycles. The molecule has 0 aliphatic carbocycles. The molecule has 60 heavy (non-hydrogen) atoms. The van der Waals surface area contributed by atoms with Crippen LogP contribution in [0, 0.1) is 124 Å². The molecule has 2 aliphatic heterocycles. The van der Waals surface area contributed by atoms with Gasteiger partial charge >= 0.3 is 5.69 Å². The van der Waals surface area contributed by atoms with Gasteiger partial charge in [0.1, 0.15) is 16.9 Å². The molecule has 2 atom stereocenters. The van der Waals surface area contributed by atoms with Gasteiger partial charge in [-0.15, -0.1) is 17.8 Å². The van der Waals surface area contributed by atoms with Gasteiger partial charge < -0.3 is 9.47 Å². The van der Waals surface area contributed by atoms with E-state index in [4.69, 9.17) is 26.7 Å². The van der Waals surface area contributed by atoms with E-state index in [1.807, 2.05) is 24.3 Å². The van der Waals surface area contributed by atoms with Crippen molar-refractivity contribution < 1.29 is 35.4 Å². The van der Waals surface area contributed by atoms with Crippen molar-refractivity contribution in [2.45, 2.75) is 38.6 Å². The molecule has 310 valence electrons. The zero-order chi connectivity index (χ0) is 42.8. The number of rotatable bonds is 9. The van der Waals surface area contributed by atoms with Crippen molar-refractivity contribution in [3.05, 3.63) is 57.6 Å². The number of benzene rings is 1. The molecule has 0 saturated carbocycles. The number of thiophene rings is 1. The van der Waals surface area contributed by atoms with Crippen molar-refractivity contribution in [1.82, 2.24) is 29.4 Å². The van der Waals surface area contributed by atoms with Crippen molar-refractivity contribution in [2.24, 2.45) is 15.7 Å². The van der Waals surface area contributed by atoms with Gasteiger partial charge in [0.15, 0.2) is 5.65 Å². The number of morpholine rings is 1. The second kappa shape index (κ2) is 25.4. The number of ether oxygens (including phenoxy) is 2. The van der Waals surface area contributed by atoms with Gasteiger partial charge in [0.25, 0.3) is 0 Å². The summed E-state index contributed by atoms with van der Waals surface area (Å²) in [6.07, 6.45) is 7.85. The van der Waals surface area contributed by atoms with E-state index in [0.717, 1.165) is 47.6 Å². The SMILES string of the molecule is C#CC#CC#CC#CC#CC#CC#CC#CC#CC#CC.COc1ccc(Cn2c(=O)n3ncnc3c3cc(CN4CC5CC4CO5)sc32)cc1.N=N/N=N/N(OO)OS.[HH].[HH].[HH].[HH].[HH].[HH].[HH].[HH]. The van der Waals surface area contributed by atoms with Crippen LogP contribution in [0.25, 0.3) is 15.9 Å². The van der Waals surface area contributed by atoms with Gasteiger partial charge in [-0.2, -0.15) is 19.4 Å². The predicted octanol–water partition coefficient (Wildman–Crippen LogP) is 5.56. The van der Waals surface area contributed by atoms with E-state index < -0.39 is 0 Å². The number of methoxy groups -OCH3 is 1. The van der Waals surface area contributed by atoms with Gasteiger partial charge in [0, 0.05) is 70.7 Å². The van der Waals surface area contributed by atoms with Crippen LogP contribution in [-0.2, 0) is 27.1 Å². The predicted molar refractivity (Wildman–Crippen MR) is 240 cm³/mol. The van der Waals surface area contributed by atoms with Crippen LogP contribution in [0.5, 0.6) is 5.75 Å². The Balaban J connectivity index is -0.000000311. The Morgan fingerprint density at radius 1 is 1.00 bits per heavy atom. The summed E-state index contributed by atoms with van der Waals surface area (Å²) in [5.74, 6) is 47.7. The third-order valence-electron chi connectivity index (χ3n) is 7.58. The lowest BCUT2D eigenvalue weighted by Gasteiger charge is -2.25. The highest BCUT2D eigenvalue weighted by molar-refractivity contribution is 7.75. The molecule has 2 saturated heterocycles. The Labute approximate surface area is 366 Å². The summed E-state index contributed by atoms with van der Waals surface area (Å²) in [4.78, 5) is 25.5. The largest absolute Gasteiger partial charge is 0.497 e. The highest BCUT2D eigenvalue weighted by atomic mass is 32.1. The molecule has 0 radical (unpaired) electrons. The maximum Gasteiger partial charge on any atom is 0.352 e. The van der Waals surface area contributed by atoms with Crippen LogP contribution >= 0.6 is 24.2 Å². The minimum absolute atomic E-state index is 0. The van der Waals surface area contributed by atoms with Crippen LogP contribution in [0.1, 0.15) is 35.2 Å². The average Bonchev–Trinajstić information content (AvgIpc) is 4.11. The number of terminal acetylenes is 1. The van der Waals surface area contributed by atoms with E-state index in [1.54, 1.807) is 29.9 Å². The minimum Gasteiger partial charge on any atom is -0.497 e. The third kappa shape index (κ3) is 13.9. The Hall–Kier alpha value is -7.92. The smallest absolute Gasteiger partial charge is 0.352 e. The number of hydrogen-bond acceptors (Lipinski definition) is 13. The lowest BCUT2D eigenvalue weighted by molar-refractivity contribution is -0.478. The number of thiol groups is 1. The molecule has 16 nitrogen and oxygen atoms in total. The van der Waals surface area contributed by atoms with E-state index in [2.05, 4.69) is 171 Å². The summed E-state index contributed by atoms with van der Waals surface area (Å²) in [6.45, 7) is 4.85. The van der Waals surface area contributed by atoms with Gasteiger partial charge in [0.05, 0.1) is 31.8 Å². The standard InChI is InChI=1S/C21H21N5O3S.C21H4.H3N5O3S.8H2/c1-28-15-4-2-13(3-5-15)8-25-20-18(19-22-12-23-26(19)21(25)27)7-17(30-20)10-24-9-16-6-14(24)11-29-16;1-3-5-7-9-11-13-15-17-19-21-20-18-16-14-12-10-8-6-4-2;1-2-3-4-5(7-6)8-9;;;;;;;;/h2-5,7,12,14,16H,6,8-11H2,1H3;1H,2H3;1,6,9H;8*1H/b;;2-1?,4-3+;;;;;;;;. The Kier molecular flexibility index (Phi) is 18.9. The molecule has 5 heterocycles. The fourth-order valence-corrected chi connectivity index (χ4v) is 6.46. The Morgan fingerprint density at radius 2 is 1.62 bits per heavy atom. The van der Waals surface area contributed by atoms with Gasteiger partial charge in [-0.3, -0.25) is 9.47 Å². The zero-order valence-electron chi connectivity index (χ0n) is 31.6. The number of nitrogens with one attached hydrogen (secondary N) is 1. The first-order valence-corrected chi connectivity index (χ1v) is 18.1. The van der Waals surface area contributed by atoms with Gasteiger partial charge in [-0.05, 0) is 142 Å². The molecule has 0 spiro atoms. The maximum absolute atomic E-state index is 13.2. The molecule has 2 unspecified atom stereocenters. The number of nitrogens with zero attached hydrogens (tertiary/aromatic N) is 9. The number of aromatic nitrogens is 4. The summed E-state index contributed by atoms with van der Waals surface area (Å²) < 4.78 is 18.0. The summed E-state index contributed by atoms with van der Waals surface area (Å²) in [5.41, 5.74) is 7.54. The van der Waals surface area contributed by atoms with Gasteiger partial charge in [0.2, 0.25) is 0 Å². The van der Waals surface area contributed by atoms with Crippen molar-refractivity contribution in [2.75, 3.05) is 20.3 Å². The number of likely N-dealkylation sites (tertiary alicyclic amines) is 1. The van der Waals surface area contributed by atoms with Gasteiger partial charge in [-0.1, -0.05) is 23.0 Å². The quantitative estimate of drug-likeness (QED) is 0.0483. The number of fused-ring (bicyclic) bond motifs is 5. The second-order valence-electron chi connectivity index (χ2n) is 11.1. The topological polar surface area (TPSA) is 177 Å². The zero-order valence-corrected chi connectivity index (χ0v) is 33.3. The first kappa shape index (κ1) is 44.8. The molecular formula is C42H44N10O6S2. The van der Waals surface area contributed by atoms with Gasteiger partial charge in [-0.25, -0.2) is 15.0 Å². The molecule has 4 aromatic rings. The van der Waals surface area contributed by atoms with Crippen molar-refractivity contribution >= 4 is 40.1 Å². The minimum atomic E-state index is -0.173. The van der Waals surface area contributed by atoms with E-state index in [-0.39, 0.29) is 22.4 Å². The molecular weight excluding hydrogens is 805 g/mol. The van der Waals surface area contributed by atoms with Crippen molar-refractivity contribution in [3.8, 4) is 125 Å². The van der Waals surface area contributed by atoms with Crippen LogP contribution in [0.15, 0.2) is 57.1 Å². The van der Waals surface area contributed by atoms with E-state index in [1.165, 1.54) is 15.7 Å². The third-order valence-corrected chi connectivity index (χ3v) is 8.86. The molecule has 18 heteroatoms. The molecule has 2 aliphatic rings. The molecule has 2 N–H and O–H groups in total.